The minimum Gasteiger partial charge on any atom is -0.456 e. The molecule has 0 unspecified atom stereocenters. The van der Waals surface area contributed by atoms with Crippen LogP contribution in [0.15, 0.2) is 48.5 Å². The van der Waals surface area contributed by atoms with Crippen LogP contribution < -0.4 is 10.6 Å². The summed E-state index contributed by atoms with van der Waals surface area (Å²) < 4.78 is 4.80. The molecule has 2 amide bonds. The van der Waals surface area contributed by atoms with Crippen molar-refractivity contribution in [1.82, 2.24) is 0 Å². The van der Waals surface area contributed by atoms with Crippen LogP contribution in [0.3, 0.4) is 0 Å². The zero-order chi connectivity index (χ0) is 22.1. The van der Waals surface area contributed by atoms with Crippen molar-refractivity contribution in [2.75, 3.05) is 17.2 Å². The van der Waals surface area contributed by atoms with E-state index in [4.69, 9.17) is 4.74 Å². The van der Waals surface area contributed by atoms with Gasteiger partial charge in [0.15, 0.2) is 12.4 Å². The third kappa shape index (κ3) is 7.15. The highest BCUT2D eigenvalue weighted by atomic mass is 16.6. The van der Waals surface area contributed by atoms with Gasteiger partial charge in [0.2, 0.25) is 5.91 Å². The van der Waals surface area contributed by atoms with E-state index in [-0.39, 0.29) is 30.0 Å². The van der Waals surface area contributed by atoms with Gasteiger partial charge in [-0.05, 0) is 25.1 Å². The molecular formula is C20H19N3O7. The van der Waals surface area contributed by atoms with Crippen LogP contribution in [0.5, 0.6) is 0 Å². The van der Waals surface area contributed by atoms with E-state index in [1.807, 2.05) is 0 Å². The lowest BCUT2D eigenvalue weighted by Crippen LogP contribution is -2.21. The van der Waals surface area contributed by atoms with Crippen molar-refractivity contribution in [3.8, 4) is 0 Å². The lowest BCUT2D eigenvalue weighted by atomic mass is 10.1. The molecule has 2 aromatic rings. The molecule has 2 rings (SSSR count). The predicted molar refractivity (Wildman–Crippen MR) is 107 cm³/mol. The molecule has 0 spiro atoms. The second-order valence-corrected chi connectivity index (χ2v) is 6.20. The first-order chi connectivity index (χ1) is 14.2. The van der Waals surface area contributed by atoms with Crippen LogP contribution in [0, 0.1) is 10.1 Å². The molecule has 0 saturated carbocycles. The molecule has 30 heavy (non-hydrogen) atoms. The smallest absolute Gasteiger partial charge is 0.306 e. The first kappa shape index (κ1) is 22.2. The van der Waals surface area contributed by atoms with E-state index < -0.39 is 29.3 Å². The third-order valence-corrected chi connectivity index (χ3v) is 3.81. The van der Waals surface area contributed by atoms with Gasteiger partial charge in [0.1, 0.15) is 0 Å². The lowest BCUT2D eigenvalue weighted by molar-refractivity contribution is -0.384. The molecule has 0 bridgehead atoms. The first-order valence-electron chi connectivity index (χ1n) is 8.85. The van der Waals surface area contributed by atoms with Gasteiger partial charge in [0.25, 0.3) is 11.6 Å². The standard InChI is InChI=1S/C20H19N3O7/c1-13(24)14-4-2-5-15(10-14)21-18(25)8-9-20(27)30-12-19(26)22-16-6-3-7-17(11-16)23(28)29/h2-7,10-11H,8-9,12H2,1H3,(H,21,25)(H,22,26). The summed E-state index contributed by atoms with van der Waals surface area (Å²) in [6.07, 6.45) is -0.419. The van der Waals surface area contributed by atoms with E-state index in [2.05, 4.69) is 10.6 Å². The Balaban J connectivity index is 1.74. The SMILES string of the molecule is CC(=O)c1cccc(NC(=O)CCC(=O)OCC(=O)Nc2cccc([N+](=O)[O-])c2)c1. The molecule has 0 saturated heterocycles. The first-order valence-corrected chi connectivity index (χ1v) is 8.85. The number of ether oxygens (including phenoxy) is 1. The largest absolute Gasteiger partial charge is 0.456 e. The molecule has 0 aliphatic rings. The van der Waals surface area contributed by atoms with Crippen molar-refractivity contribution < 1.29 is 28.8 Å². The van der Waals surface area contributed by atoms with Crippen LogP contribution in [0.2, 0.25) is 0 Å². The minimum absolute atomic E-state index is 0.141. The second-order valence-electron chi connectivity index (χ2n) is 6.20. The molecule has 10 nitrogen and oxygen atoms in total. The van der Waals surface area contributed by atoms with Crippen molar-refractivity contribution in [3.63, 3.8) is 0 Å². The fourth-order valence-corrected chi connectivity index (χ4v) is 2.37. The average Bonchev–Trinajstić information content (AvgIpc) is 2.71. The Morgan fingerprint density at radius 2 is 1.57 bits per heavy atom. The van der Waals surface area contributed by atoms with E-state index in [1.165, 1.54) is 37.3 Å². The number of hydrogen-bond acceptors (Lipinski definition) is 7. The lowest BCUT2D eigenvalue weighted by Gasteiger charge is -2.08. The Kier molecular flexibility index (Phi) is 7.74. The highest BCUT2D eigenvalue weighted by molar-refractivity contribution is 5.97. The van der Waals surface area contributed by atoms with E-state index in [1.54, 1.807) is 18.2 Å². The number of ketones is 1. The van der Waals surface area contributed by atoms with Crippen molar-refractivity contribution >= 4 is 40.6 Å². The normalized spacial score (nSPS) is 10.0. The number of carbonyl (C=O) groups is 4. The fourth-order valence-electron chi connectivity index (χ4n) is 2.37. The van der Waals surface area contributed by atoms with Crippen molar-refractivity contribution in [1.29, 1.82) is 0 Å². The number of nitro groups is 1. The molecule has 0 radical (unpaired) electrons. The number of amides is 2. The number of non-ortho nitro benzene ring substituents is 1. The van der Waals surface area contributed by atoms with Crippen molar-refractivity contribution in [2.45, 2.75) is 19.8 Å². The van der Waals surface area contributed by atoms with Crippen LogP contribution in [-0.4, -0.2) is 35.1 Å². The summed E-state index contributed by atoms with van der Waals surface area (Å²) in [5.41, 5.74) is 0.876. The maximum Gasteiger partial charge on any atom is 0.306 e. The second kappa shape index (κ2) is 10.5. The summed E-state index contributed by atoms with van der Waals surface area (Å²) in [6, 6.07) is 11.7. The van der Waals surface area contributed by atoms with E-state index in [9.17, 15) is 29.3 Å². The van der Waals surface area contributed by atoms with Gasteiger partial charge < -0.3 is 15.4 Å². The summed E-state index contributed by atoms with van der Waals surface area (Å²) >= 11 is 0. The highest BCUT2D eigenvalue weighted by Gasteiger charge is 2.12. The van der Waals surface area contributed by atoms with Gasteiger partial charge in [0, 0.05) is 35.5 Å². The Morgan fingerprint density at radius 3 is 2.23 bits per heavy atom. The summed E-state index contributed by atoms with van der Waals surface area (Å²) in [4.78, 5) is 56.9. The minimum atomic E-state index is -0.753. The molecule has 2 N–H and O–H groups in total. The summed E-state index contributed by atoms with van der Waals surface area (Å²) in [5.74, 6) is -2.02. The molecule has 0 aliphatic heterocycles. The number of nitrogens with one attached hydrogen (secondary N) is 2. The topological polar surface area (TPSA) is 145 Å². The van der Waals surface area contributed by atoms with Crippen LogP contribution in [0.1, 0.15) is 30.1 Å². The van der Waals surface area contributed by atoms with Crippen LogP contribution >= 0.6 is 0 Å². The number of anilines is 2. The number of nitro benzene ring substituents is 1. The van der Waals surface area contributed by atoms with Gasteiger partial charge in [0.05, 0.1) is 11.3 Å². The Labute approximate surface area is 171 Å². The number of Topliss-reactive ketones (excluding diaryl/α,β-unsaturated/α-hetero) is 1. The molecule has 2 aromatic carbocycles. The van der Waals surface area contributed by atoms with Gasteiger partial charge in [-0.3, -0.25) is 29.3 Å². The van der Waals surface area contributed by atoms with Gasteiger partial charge in [-0.25, -0.2) is 0 Å². The summed E-state index contributed by atoms with van der Waals surface area (Å²) in [5, 5.41) is 15.7. The van der Waals surface area contributed by atoms with Crippen LogP contribution in [0.4, 0.5) is 17.1 Å². The van der Waals surface area contributed by atoms with Crippen molar-refractivity contribution in [3.05, 3.63) is 64.2 Å². The zero-order valence-electron chi connectivity index (χ0n) is 16.0. The molecule has 0 heterocycles. The molecule has 0 aliphatic carbocycles. The van der Waals surface area contributed by atoms with E-state index in [0.717, 1.165) is 0 Å². The van der Waals surface area contributed by atoms with Gasteiger partial charge >= 0.3 is 5.97 Å². The monoisotopic (exact) mass is 413 g/mol. The van der Waals surface area contributed by atoms with Crippen LogP contribution in [-0.2, 0) is 19.1 Å². The Bertz CT molecular complexity index is 910. The molecular weight excluding hydrogens is 394 g/mol. The molecule has 0 atom stereocenters. The third-order valence-electron chi connectivity index (χ3n) is 3.81. The van der Waals surface area contributed by atoms with Gasteiger partial charge in [-0.2, -0.15) is 0 Å². The van der Waals surface area contributed by atoms with E-state index in [0.29, 0.717) is 11.3 Å². The predicted octanol–water partition coefficient (Wildman–Crippen LogP) is 2.70. The quantitative estimate of drug-likeness (QED) is 0.278. The molecule has 156 valence electrons. The fraction of sp³-hybridized carbons (Fsp3) is 0.200. The molecule has 10 heteroatoms. The van der Waals surface area contributed by atoms with Gasteiger partial charge in [-0.1, -0.05) is 18.2 Å². The van der Waals surface area contributed by atoms with Gasteiger partial charge in [-0.15, -0.1) is 0 Å². The Hall–Kier alpha value is -4.08. The number of nitrogens with zero attached hydrogens (tertiary/aromatic N) is 1. The highest BCUT2D eigenvalue weighted by Crippen LogP contribution is 2.17. The van der Waals surface area contributed by atoms with Crippen molar-refractivity contribution in [2.24, 2.45) is 0 Å². The Morgan fingerprint density at radius 1 is 0.933 bits per heavy atom. The summed E-state index contributed by atoms with van der Waals surface area (Å²) in [7, 11) is 0. The maximum absolute atomic E-state index is 11.9. The number of benzene rings is 2. The summed E-state index contributed by atoms with van der Waals surface area (Å²) in [6.45, 7) is 0.815. The maximum atomic E-state index is 11.9. The number of hydrogen-bond donors (Lipinski definition) is 2. The molecule has 0 aromatic heterocycles. The number of carbonyl (C=O) groups excluding carboxylic acids is 4. The van der Waals surface area contributed by atoms with Crippen LogP contribution in [0.25, 0.3) is 0 Å². The number of esters is 1. The van der Waals surface area contributed by atoms with E-state index >= 15 is 0 Å². The zero-order valence-corrected chi connectivity index (χ0v) is 16.0. The average molecular weight is 413 g/mol. The molecule has 0 fully saturated rings. The number of rotatable bonds is 9.